The Hall–Kier alpha value is -0.900. The van der Waals surface area contributed by atoms with E-state index in [4.69, 9.17) is 21.1 Å². The van der Waals surface area contributed by atoms with E-state index < -0.39 is 12.1 Å². The van der Waals surface area contributed by atoms with E-state index >= 15 is 0 Å². The fourth-order valence-electron chi connectivity index (χ4n) is 3.72. The van der Waals surface area contributed by atoms with Crippen molar-refractivity contribution in [2.45, 2.75) is 38.9 Å². The van der Waals surface area contributed by atoms with Crippen LogP contribution in [-0.2, 0) is 9.47 Å². The monoisotopic (exact) mass is 338 g/mol. The van der Waals surface area contributed by atoms with Crippen molar-refractivity contribution < 1.29 is 13.9 Å². The van der Waals surface area contributed by atoms with Crippen LogP contribution in [0.25, 0.3) is 0 Å². The molecule has 1 aliphatic heterocycles. The third kappa shape index (κ3) is 4.14. The topological polar surface area (TPSA) is 18.5 Å². The van der Waals surface area contributed by atoms with Crippen molar-refractivity contribution in [3.05, 3.63) is 46.8 Å². The maximum atomic E-state index is 13.6. The van der Waals surface area contributed by atoms with Crippen LogP contribution in [0.4, 0.5) is 4.39 Å². The summed E-state index contributed by atoms with van der Waals surface area (Å²) in [6.07, 6.45) is 9.02. The second-order valence-corrected chi connectivity index (χ2v) is 7.04. The molecular weight excluding hydrogens is 315 g/mol. The first-order valence-corrected chi connectivity index (χ1v) is 8.86. The lowest BCUT2D eigenvalue weighted by Gasteiger charge is -2.37. The fraction of sp³-hybridized carbons (Fsp3) is 0.579. The van der Waals surface area contributed by atoms with Gasteiger partial charge in [-0.3, -0.25) is 0 Å². The van der Waals surface area contributed by atoms with Gasteiger partial charge in [-0.05, 0) is 56.6 Å². The summed E-state index contributed by atoms with van der Waals surface area (Å²) < 4.78 is 25.3. The average Bonchev–Trinajstić information content (AvgIpc) is 2.59. The average molecular weight is 339 g/mol. The van der Waals surface area contributed by atoms with Gasteiger partial charge in [-0.1, -0.05) is 29.8 Å². The number of benzene rings is 1. The van der Waals surface area contributed by atoms with E-state index in [1.165, 1.54) is 31.7 Å². The van der Waals surface area contributed by atoms with Crippen LogP contribution in [0.15, 0.2) is 30.4 Å². The molecule has 0 amide bonds. The van der Waals surface area contributed by atoms with Crippen LogP contribution in [0.2, 0.25) is 5.02 Å². The van der Waals surface area contributed by atoms with E-state index in [0.29, 0.717) is 30.6 Å². The lowest BCUT2D eigenvalue weighted by atomic mass is 9.76. The Bertz CT molecular complexity index is 544. The zero-order valence-corrected chi connectivity index (χ0v) is 14.3. The maximum absolute atomic E-state index is 13.6. The third-order valence-electron chi connectivity index (χ3n) is 5.09. The minimum Gasteiger partial charge on any atom is -0.348 e. The second kappa shape index (κ2) is 7.78. The van der Waals surface area contributed by atoms with Gasteiger partial charge < -0.3 is 9.47 Å². The molecule has 2 aliphatic rings. The van der Waals surface area contributed by atoms with E-state index in [1.54, 1.807) is 12.1 Å². The number of halogens is 2. The number of ether oxygens (including phenoxy) is 2. The normalized spacial score (nSPS) is 32.3. The highest BCUT2D eigenvalue weighted by Crippen LogP contribution is 2.37. The van der Waals surface area contributed by atoms with Gasteiger partial charge in [-0.15, -0.1) is 0 Å². The minimum atomic E-state index is -0.475. The van der Waals surface area contributed by atoms with Crippen molar-refractivity contribution in [2.24, 2.45) is 17.8 Å². The molecule has 2 nitrogen and oxygen atoms in total. The third-order valence-corrected chi connectivity index (χ3v) is 5.39. The summed E-state index contributed by atoms with van der Waals surface area (Å²) >= 11 is 5.72. The van der Waals surface area contributed by atoms with E-state index in [0.717, 1.165) is 5.92 Å². The van der Waals surface area contributed by atoms with Crippen molar-refractivity contribution in [3.63, 3.8) is 0 Å². The Morgan fingerprint density at radius 2 is 1.78 bits per heavy atom. The van der Waals surface area contributed by atoms with Gasteiger partial charge in [0.05, 0.1) is 18.2 Å². The van der Waals surface area contributed by atoms with Crippen molar-refractivity contribution >= 4 is 11.6 Å². The van der Waals surface area contributed by atoms with Crippen LogP contribution in [-0.4, -0.2) is 13.2 Å². The van der Waals surface area contributed by atoms with Crippen LogP contribution in [0.5, 0.6) is 0 Å². The Morgan fingerprint density at radius 1 is 1.09 bits per heavy atom. The predicted molar refractivity (Wildman–Crippen MR) is 89.8 cm³/mol. The molecule has 4 heteroatoms. The largest absolute Gasteiger partial charge is 0.348 e. The Balaban J connectivity index is 1.51. The van der Waals surface area contributed by atoms with Crippen LogP contribution < -0.4 is 0 Å². The summed E-state index contributed by atoms with van der Waals surface area (Å²) in [6, 6.07) is 4.71. The van der Waals surface area contributed by atoms with Crippen molar-refractivity contribution in [1.82, 2.24) is 0 Å². The number of rotatable bonds is 3. The molecule has 1 saturated heterocycles. The van der Waals surface area contributed by atoms with Gasteiger partial charge in [0.25, 0.3) is 0 Å². The second-order valence-electron chi connectivity index (χ2n) is 6.63. The molecule has 126 valence electrons. The molecule has 0 atom stereocenters. The summed E-state index contributed by atoms with van der Waals surface area (Å²) in [5, 5.41) is 0.125. The summed E-state index contributed by atoms with van der Waals surface area (Å²) in [5.74, 6) is 1.45. The first-order chi connectivity index (χ1) is 11.2. The van der Waals surface area contributed by atoms with Crippen molar-refractivity contribution in [1.29, 1.82) is 0 Å². The zero-order valence-electron chi connectivity index (χ0n) is 13.5. The number of allylic oxidation sites excluding steroid dienone is 2. The lowest BCUT2D eigenvalue weighted by Crippen LogP contribution is -2.34. The molecule has 1 aromatic carbocycles. The number of hydrogen-bond acceptors (Lipinski definition) is 2. The highest BCUT2D eigenvalue weighted by molar-refractivity contribution is 6.30. The van der Waals surface area contributed by atoms with E-state index in [2.05, 4.69) is 19.1 Å². The molecule has 0 aromatic heterocycles. The molecule has 1 aromatic rings. The van der Waals surface area contributed by atoms with Crippen LogP contribution >= 0.6 is 11.6 Å². The Labute approximate surface area is 142 Å². The van der Waals surface area contributed by atoms with E-state index in [9.17, 15) is 4.39 Å². The van der Waals surface area contributed by atoms with Crippen molar-refractivity contribution in [2.75, 3.05) is 13.2 Å². The molecule has 1 aliphatic carbocycles. The predicted octanol–water partition coefficient (Wildman–Crippen LogP) is 5.52. The zero-order chi connectivity index (χ0) is 16.2. The fourth-order valence-corrected chi connectivity index (χ4v) is 3.84. The maximum Gasteiger partial charge on any atom is 0.183 e. The van der Waals surface area contributed by atoms with Crippen LogP contribution in [0.1, 0.15) is 44.5 Å². The first-order valence-electron chi connectivity index (χ1n) is 8.48. The van der Waals surface area contributed by atoms with Gasteiger partial charge in [0.2, 0.25) is 0 Å². The van der Waals surface area contributed by atoms with Gasteiger partial charge in [-0.2, -0.15) is 0 Å². The lowest BCUT2D eigenvalue weighted by molar-refractivity contribution is -0.214. The van der Waals surface area contributed by atoms with Gasteiger partial charge in [0, 0.05) is 11.5 Å². The Morgan fingerprint density at radius 3 is 2.39 bits per heavy atom. The molecule has 0 bridgehead atoms. The molecule has 1 saturated carbocycles. The summed E-state index contributed by atoms with van der Waals surface area (Å²) in [7, 11) is 0. The molecular formula is C19H24ClFO2. The number of hydrogen-bond donors (Lipinski definition) is 0. The highest BCUT2D eigenvalue weighted by Gasteiger charge is 2.32. The smallest absolute Gasteiger partial charge is 0.183 e. The summed E-state index contributed by atoms with van der Waals surface area (Å²) in [5.41, 5.74) is 0.696. The Kier molecular flexibility index (Phi) is 5.73. The van der Waals surface area contributed by atoms with Gasteiger partial charge in [0.1, 0.15) is 5.82 Å². The van der Waals surface area contributed by atoms with Crippen molar-refractivity contribution in [3.8, 4) is 0 Å². The van der Waals surface area contributed by atoms with Gasteiger partial charge in [-0.25, -0.2) is 4.39 Å². The SMILES string of the molecule is C/C=C/[C@H]1CC[C@H]([C@H]2CO[C@H](c3ccc(Cl)c(F)c3)OC2)CC1. The van der Waals surface area contributed by atoms with Crippen LogP contribution in [0, 0.1) is 23.6 Å². The minimum absolute atomic E-state index is 0.125. The molecule has 23 heavy (non-hydrogen) atoms. The molecule has 0 spiro atoms. The van der Waals surface area contributed by atoms with E-state index in [-0.39, 0.29) is 5.02 Å². The van der Waals surface area contributed by atoms with E-state index in [1.807, 2.05) is 0 Å². The summed E-state index contributed by atoms with van der Waals surface area (Å²) in [4.78, 5) is 0. The molecule has 0 radical (unpaired) electrons. The molecule has 2 fully saturated rings. The quantitative estimate of drug-likeness (QED) is 0.675. The first kappa shape index (κ1) is 16.9. The molecule has 0 N–H and O–H groups in total. The molecule has 3 rings (SSSR count). The van der Waals surface area contributed by atoms with Gasteiger partial charge in [0.15, 0.2) is 6.29 Å². The summed E-state index contributed by atoms with van der Waals surface area (Å²) in [6.45, 7) is 3.47. The molecule has 1 heterocycles. The molecule has 0 unspecified atom stereocenters. The van der Waals surface area contributed by atoms with Gasteiger partial charge >= 0.3 is 0 Å². The standard InChI is InChI=1S/C19H24ClFO2/c1-2-3-13-4-6-14(7-5-13)16-11-22-19(23-12-16)15-8-9-17(20)18(21)10-15/h2-3,8-10,13-14,16,19H,4-7,11-12H2,1H3/b3-2+/t13-,14-,16-,19-. The highest BCUT2D eigenvalue weighted by atomic mass is 35.5. The van der Waals surface area contributed by atoms with Crippen LogP contribution in [0.3, 0.4) is 0 Å².